The van der Waals surface area contributed by atoms with Gasteiger partial charge in [-0.3, -0.25) is 14.9 Å². The summed E-state index contributed by atoms with van der Waals surface area (Å²) in [5.74, 6) is 0.754. The quantitative estimate of drug-likeness (QED) is 0.272. The average molecular weight is 479 g/mol. The second-order valence-corrected chi connectivity index (χ2v) is 8.04. The van der Waals surface area contributed by atoms with Gasteiger partial charge in [-0.2, -0.15) is 0 Å². The fourth-order valence-corrected chi connectivity index (χ4v) is 4.25. The van der Waals surface area contributed by atoms with Crippen LogP contribution in [0.2, 0.25) is 0 Å². The maximum absolute atomic E-state index is 13.2. The number of ether oxygens (including phenoxy) is 1. The minimum atomic E-state index is -0.492. The van der Waals surface area contributed by atoms with Crippen molar-refractivity contribution in [1.82, 2.24) is 4.57 Å². The molecule has 0 spiro atoms. The van der Waals surface area contributed by atoms with Gasteiger partial charge in [0, 0.05) is 18.7 Å². The molecule has 0 radical (unpaired) electrons. The van der Waals surface area contributed by atoms with Crippen LogP contribution in [0.5, 0.6) is 5.75 Å². The van der Waals surface area contributed by atoms with Crippen molar-refractivity contribution < 1.29 is 9.66 Å². The zero-order chi connectivity index (χ0) is 22.1. The van der Waals surface area contributed by atoms with E-state index < -0.39 is 4.92 Å². The molecule has 0 saturated carbocycles. The first kappa shape index (κ1) is 20.8. The van der Waals surface area contributed by atoms with Gasteiger partial charge in [-0.05, 0) is 52.2 Å². The fraction of sp³-hybridized carbons (Fsp3) is 0.125. The molecule has 0 N–H and O–H groups in total. The normalized spacial score (nSPS) is 10.9. The number of nitro benzene ring substituents is 1. The molecule has 31 heavy (non-hydrogen) atoms. The Morgan fingerprint density at radius 3 is 2.32 bits per heavy atom. The van der Waals surface area contributed by atoms with Crippen LogP contribution in [0.1, 0.15) is 11.1 Å². The van der Waals surface area contributed by atoms with Crippen molar-refractivity contribution >= 4 is 32.5 Å². The topological polar surface area (TPSA) is 74.4 Å². The van der Waals surface area contributed by atoms with E-state index in [0.29, 0.717) is 21.9 Å². The van der Waals surface area contributed by atoms with Crippen LogP contribution in [0.3, 0.4) is 0 Å². The van der Waals surface area contributed by atoms with Crippen LogP contribution in [0.15, 0.2) is 76.0 Å². The van der Waals surface area contributed by atoms with Crippen LogP contribution >= 0.6 is 15.9 Å². The molecular formula is C24H19BrN2O4. The third kappa shape index (κ3) is 3.96. The average Bonchev–Trinajstić information content (AvgIpc) is 2.78. The van der Waals surface area contributed by atoms with Crippen molar-refractivity contribution in [1.29, 1.82) is 0 Å². The lowest BCUT2D eigenvalue weighted by atomic mass is 10.0. The molecule has 4 aromatic rings. The molecule has 1 heterocycles. The Kier molecular flexibility index (Phi) is 5.61. The smallest absolute Gasteiger partial charge is 0.270 e. The van der Waals surface area contributed by atoms with E-state index in [4.69, 9.17) is 4.74 Å². The molecule has 156 valence electrons. The molecule has 0 aliphatic rings. The molecule has 0 aliphatic heterocycles. The molecule has 0 atom stereocenters. The summed E-state index contributed by atoms with van der Waals surface area (Å²) in [4.78, 5) is 23.9. The summed E-state index contributed by atoms with van der Waals surface area (Å²) in [5.41, 5.74) is 3.95. The zero-order valence-electron chi connectivity index (χ0n) is 17.0. The van der Waals surface area contributed by atoms with Gasteiger partial charge in [-0.15, -0.1) is 0 Å². The summed E-state index contributed by atoms with van der Waals surface area (Å²) in [7, 11) is 1.61. The highest BCUT2D eigenvalue weighted by Gasteiger charge is 2.19. The zero-order valence-corrected chi connectivity index (χ0v) is 18.5. The Hall–Kier alpha value is -3.45. The van der Waals surface area contributed by atoms with Crippen LogP contribution in [0, 0.1) is 17.0 Å². The fourth-order valence-electron chi connectivity index (χ4n) is 3.59. The van der Waals surface area contributed by atoms with Crippen molar-refractivity contribution in [3.05, 3.63) is 103 Å². The van der Waals surface area contributed by atoms with Gasteiger partial charge in [0.1, 0.15) is 5.75 Å². The molecule has 0 amide bonds. The molecule has 6 nitrogen and oxygen atoms in total. The standard InChI is InChI=1S/C24H19BrN2O4/c1-15-3-7-17(8-4-15)23-22(25)24(28)20-13-18(27(29)30)9-12-21(20)26(23)14-16-5-10-19(31-2)11-6-16/h3-13H,14H2,1-2H3. The lowest BCUT2D eigenvalue weighted by molar-refractivity contribution is -0.384. The SMILES string of the molecule is COc1ccc(Cn2c(-c3ccc(C)cc3)c(Br)c(=O)c3cc([N+](=O)[O-])ccc32)cc1. The summed E-state index contributed by atoms with van der Waals surface area (Å²) in [6.07, 6.45) is 0. The Morgan fingerprint density at radius 2 is 1.71 bits per heavy atom. The van der Waals surface area contributed by atoms with Crippen molar-refractivity contribution in [3.63, 3.8) is 0 Å². The number of hydrogen-bond acceptors (Lipinski definition) is 4. The minimum absolute atomic E-state index is 0.115. The van der Waals surface area contributed by atoms with E-state index in [1.165, 1.54) is 12.1 Å². The number of hydrogen-bond donors (Lipinski definition) is 0. The van der Waals surface area contributed by atoms with Gasteiger partial charge in [0.2, 0.25) is 5.43 Å². The highest BCUT2D eigenvalue weighted by Crippen LogP contribution is 2.32. The van der Waals surface area contributed by atoms with Crippen molar-refractivity contribution in [2.75, 3.05) is 7.11 Å². The predicted molar refractivity (Wildman–Crippen MR) is 125 cm³/mol. The van der Waals surface area contributed by atoms with E-state index in [1.54, 1.807) is 13.2 Å². The van der Waals surface area contributed by atoms with Crippen LogP contribution in [0.25, 0.3) is 22.2 Å². The van der Waals surface area contributed by atoms with Gasteiger partial charge in [-0.1, -0.05) is 42.0 Å². The van der Waals surface area contributed by atoms with Crippen LogP contribution in [-0.2, 0) is 6.54 Å². The molecule has 7 heteroatoms. The third-order valence-electron chi connectivity index (χ3n) is 5.23. The van der Waals surface area contributed by atoms with Crippen LogP contribution in [-0.4, -0.2) is 16.6 Å². The molecule has 0 bridgehead atoms. The summed E-state index contributed by atoms with van der Waals surface area (Å²) < 4.78 is 7.63. The number of aryl methyl sites for hydroxylation is 1. The van der Waals surface area contributed by atoms with E-state index in [2.05, 4.69) is 15.9 Å². The minimum Gasteiger partial charge on any atom is -0.497 e. The van der Waals surface area contributed by atoms with E-state index in [0.717, 1.165) is 28.1 Å². The van der Waals surface area contributed by atoms with E-state index in [9.17, 15) is 14.9 Å². The number of methoxy groups -OCH3 is 1. The number of rotatable bonds is 5. The van der Waals surface area contributed by atoms with Gasteiger partial charge in [0.15, 0.2) is 0 Å². The predicted octanol–water partition coefficient (Wildman–Crippen LogP) is 5.70. The van der Waals surface area contributed by atoms with Gasteiger partial charge in [0.05, 0.1) is 33.1 Å². The Labute approximate surface area is 187 Å². The molecule has 0 saturated heterocycles. The largest absolute Gasteiger partial charge is 0.497 e. The highest BCUT2D eigenvalue weighted by molar-refractivity contribution is 9.10. The van der Waals surface area contributed by atoms with Crippen molar-refractivity contribution in [2.45, 2.75) is 13.5 Å². The molecule has 4 rings (SSSR count). The molecule has 3 aromatic carbocycles. The first-order chi connectivity index (χ1) is 14.9. The number of fused-ring (bicyclic) bond motifs is 1. The van der Waals surface area contributed by atoms with Crippen LogP contribution < -0.4 is 10.2 Å². The molecule has 1 aromatic heterocycles. The van der Waals surface area contributed by atoms with Crippen molar-refractivity contribution in [3.8, 4) is 17.0 Å². The summed E-state index contributed by atoms with van der Waals surface area (Å²) in [5, 5.41) is 11.6. The Morgan fingerprint density at radius 1 is 1.03 bits per heavy atom. The number of nitro groups is 1. The lowest BCUT2D eigenvalue weighted by Crippen LogP contribution is -2.15. The molecule has 0 unspecified atom stereocenters. The van der Waals surface area contributed by atoms with E-state index in [1.807, 2.05) is 60.0 Å². The first-order valence-electron chi connectivity index (χ1n) is 9.59. The third-order valence-corrected chi connectivity index (χ3v) is 5.96. The number of nitrogens with zero attached hydrogens (tertiary/aromatic N) is 2. The number of aromatic nitrogens is 1. The maximum atomic E-state index is 13.2. The number of non-ortho nitro benzene ring substituents is 1. The van der Waals surface area contributed by atoms with Gasteiger partial charge < -0.3 is 9.30 Å². The molecule has 0 aliphatic carbocycles. The van der Waals surface area contributed by atoms with Gasteiger partial charge in [-0.25, -0.2) is 0 Å². The maximum Gasteiger partial charge on any atom is 0.270 e. The molecule has 0 fully saturated rings. The highest BCUT2D eigenvalue weighted by atomic mass is 79.9. The second kappa shape index (κ2) is 8.35. The number of pyridine rings is 1. The van der Waals surface area contributed by atoms with E-state index >= 15 is 0 Å². The summed E-state index contributed by atoms with van der Waals surface area (Å²) >= 11 is 3.48. The summed E-state index contributed by atoms with van der Waals surface area (Å²) in [6.45, 7) is 2.48. The second-order valence-electron chi connectivity index (χ2n) is 7.25. The summed E-state index contributed by atoms with van der Waals surface area (Å²) in [6, 6.07) is 20.0. The van der Waals surface area contributed by atoms with Crippen LogP contribution in [0.4, 0.5) is 5.69 Å². The number of benzene rings is 3. The molecular weight excluding hydrogens is 460 g/mol. The number of halogens is 1. The first-order valence-corrected chi connectivity index (χ1v) is 10.4. The Balaban J connectivity index is 2.01. The lowest BCUT2D eigenvalue weighted by Gasteiger charge is -2.19. The van der Waals surface area contributed by atoms with Gasteiger partial charge >= 0.3 is 0 Å². The van der Waals surface area contributed by atoms with Gasteiger partial charge in [0.25, 0.3) is 5.69 Å². The monoisotopic (exact) mass is 478 g/mol. The van der Waals surface area contributed by atoms with E-state index in [-0.39, 0.29) is 11.1 Å². The Bertz CT molecular complexity index is 1340. The van der Waals surface area contributed by atoms with Crippen molar-refractivity contribution in [2.24, 2.45) is 0 Å².